The topological polar surface area (TPSA) is 110 Å². The Morgan fingerprint density at radius 1 is 0.951 bits per heavy atom. The first-order chi connectivity index (χ1) is 19.9. The van der Waals surface area contributed by atoms with E-state index < -0.39 is 0 Å². The first-order valence-electron chi connectivity index (χ1n) is 14.1. The third kappa shape index (κ3) is 4.28. The van der Waals surface area contributed by atoms with Gasteiger partial charge in [-0.15, -0.1) is 0 Å². The molecule has 0 bridgehead atoms. The molecule has 0 radical (unpaired) electrons. The van der Waals surface area contributed by atoms with E-state index in [4.69, 9.17) is 0 Å². The van der Waals surface area contributed by atoms with E-state index in [-0.39, 0.29) is 11.5 Å². The minimum Gasteiger partial charge on any atom is -0.348 e. The average molecular weight is 553 g/mol. The molecule has 0 aliphatic carbocycles. The van der Waals surface area contributed by atoms with Crippen LogP contribution < -0.4 is 15.8 Å². The van der Waals surface area contributed by atoms with Gasteiger partial charge in [-0.05, 0) is 50.1 Å². The van der Waals surface area contributed by atoms with E-state index in [1.54, 1.807) is 36.5 Å². The second-order valence-electron chi connectivity index (χ2n) is 11.2. The standard InChI is InChI=1S/C30H32N8O3/c1-34-11-12-38-21(17-34)15-27(33-38)32-25-13-19(16-35(2)30(25)41)22-6-8-31-28(24(22)18-39)37-10-7-26-23(29(37)40)14-20-5-3-4-9-36(20)26/h6,8,13-16,18H,3-5,7,9-12,17H2,1-2H3,(H,32,33). The van der Waals surface area contributed by atoms with Crippen LogP contribution in [0.4, 0.5) is 17.3 Å². The number of nitrogens with one attached hydrogen (secondary N) is 1. The van der Waals surface area contributed by atoms with Crippen molar-refractivity contribution in [2.24, 2.45) is 7.05 Å². The van der Waals surface area contributed by atoms with E-state index in [1.807, 2.05) is 16.8 Å². The Bertz CT molecular complexity index is 1760. The van der Waals surface area contributed by atoms with E-state index in [9.17, 15) is 14.4 Å². The number of rotatable bonds is 5. The zero-order valence-corrected chi connectivity index (χ0v) is 23.3. The van der Waals surface area contributed by atoms with Crippen molar-refractivity contribution in [3.05, 3.63) is 75.2 Å². The summed E-state index contributed by atoms with van der Waals surface area (Å²) in [5.74, 6) is 0.810. The smallest absolute Gasteiger partial charge is 0.274 e. The van der Waals surface area contributed by atoms with Crippen LogP contribution in [-0.4, -0.2) is 61.1 Å². The Balaban J connectivity index is 1.24. The lowest BCUT2D eigenvalue weighted by molar-refractivity contribution is 0.0979. The van der Waals surface area contributed by atoms with Crippen LogP contribution in [0, 0.1) is 0 Å². The molecule has 0 aromatic carbocycles. The van der Waals surface area contributed by atoms with Gasteiger partial charge in [-0.25, -0.2) is 4.98 Å². The van der Waals surface area contributed by atoms with Crippen molar-refractivity contribution in [3.8, 4) is 11.1 Å². The molecule has 0 atom stereocenters. The lowest BCUT2D eigenvalue weighted by atomic mass is 10.0. The highest BCUT2D eigenvalue weighted by Gasteiger charge is 2.33. The van der Waals surface area contributed by atoms with E-state index in [0.717, 1.165) is 63.1 Å². The maximum absolute atomic E-state index is 13.7. The molecule has 11 heteroatoms. The predicted octanol–water partition coefficient (Wildman–Crippen LogP) is 2.99. The SMILES string of the molecule is CN1CCn2nc(Nc3cc(-c4ccnc(N5CCc6c(cc7n6CCCC7)C5=O)c4C=O)cn(C)c3=O)cc2C1. The van der Waals surface area contributed by atoms with Gasteiger partial charge in [0, 0.05) is 75.1 Å². The van der Waals surface area contributed by atoms with Gasteiger partial charge in [0.1, 0.15) is 11.5 Å². The predicted molar refractivity (Wildman–Crippen MR) is 155 cm³/mol. The molecule has 3 aliphatic heterocycles. The number of aryl methyl sites for hydroxylation is 2. The van der Waals surface area contributed by atoms with Gasteiger partial charge in [0.25, 0.3) is 11.5 Å². The van der Waals surface area contributed by atoms with Gasteiger partial charge in [-0.1, -0.05) is 0 Å². The summed E-state index contributed by atoms with van der Waals surface area (Å²) in [7, 11) is 3.75. The van der Waals surface area contributed by atoms with Gasteiger partial charge in [-0.2, -0.15) is 5.10 Å². The average Bonchev–Trinajstić information content (AvgIpc) is 3.56. The van der Waals surface area contributed by atoms with E-state index >= 15 is 0 Å². The van der Waals surface area contributed by atoms with Gasteiger partial charge >= 0.3 is 0 Å². The Kier molecular flexibility index (Phi) is 6.11. The molecule has 11 nitrogen and oxygen atoms in total. The summed E-state index contributed by atoms with van der Waals surface area (Å²) in [5.41, 5.74) is 5.80. The number of hydrogen-bond donors (Lipinski definition) is 1. The highest BCUT2D eigenvalue weighted by Crippen LogP contribution is 2.34. The van der Waals surface area contributed by atoms with Gasteiger partial charge < -0.3 is 14.5 Å². The molecule has 1 amide bonds. The van der Waals surface area contributed by atoms with Crippen molar-refractivity contribution in [1.82, 2.24) is 28.8 Å². The second-order valence-corrected chi connectivity index (χ2v) is 11.2. The molecule has 0 saturated carbocycles. The van der Waals surface area contributed by atoms with Gasteiger partial charge in [0.15, 0.2) is 12.1 Å². The molecule has 0 saturated heterocycles. The first-order valence-corrected chi connectivity index (χ1v) is 14.1. The molecule has 41 heavy (non-hydrogen) atoms. The number of nitrogens with zero attached hydrogens (tertiary/aromatic N) is 7. The number of anilines is 3. The number of aldehydes is 1. The largest absolute Gasteiger partial charge is 0.348 e. The van der Waals surface area contributed by atoms with Crippen molar-refractivity contribution in [2.45, 2.75) is 45.3 Å². The highest BCUT2D eigenvalue weighted by atomic mass is 16.2. The number of likely N-dealkylation sites (N-methyl/N-ethyl adjacent to an activating group) is 1. The minimum atomic E-state index is -0.213. The Hall–Kier alpha value is -4.51. The summed E-state index contributed by atoms with van der Waals surface area (Å²) in [6, 6.07) is 7.46. The van der Waals surface area contributed by atoms with Gasteiger partial charge in [0.05, 0.1) is 23.4 Å². The number of carbonyl (C=O) groups is 2. The minimum absolute atomic E-state index is 0.127. The van der Waals surface area contributed by atoms with E-state index in [0.29, 0.717) is 52.5 Å². The van der Waals surface area contributed by atoms with Crippen molar-refractivity contribution in [3.63, 3.8) is 0 Å². The van der Waals surface area contributed by atoms with Gasteiger partial charge in [0.2, 0.25) is 0 Å². The van der Waals surface area contributed by atoms with Crippen LogP contribution in [0.25, 0.3) is 11.1 Å². The third-order valence-electron chi connectivity index (χ3n) is 8.50. The summed E-state index contributed by atoms with van der Waals surface area (Å²) < 4.78 is 5.74. The fourth-order valence-corrected chi connectivity index (χ4v) is 6.42. The number of hydrogen-bond acceptors (Lipinski definition) is 7. The molecule has 0 spiro atoms. The van der Waals surface area contributed by atoms with Crippen molar-refractivity contribution < 1.29 is 9.59 Å². The zero-order chi connectivity index (χ0) is 28.2. The van der Waals surface area contributed by atoms with Crippen molar-refractivity contribution in [1.29, 1.82) is 0 Å². The lowest BCUT2D eigenvalue weighted by Gasteiger charge is -2.29. The molecule has 0 fully saturated rings. The zero-order valence-electron chi connectivity index (χ0n) is 23.3. The monoisotopic (exact) mass is 552 g/mol. The summed E-state index contributed by atoms with van der Waals surface area (Å²) in [5, 5.41) is 7.83. The molecule has 7 heterocycles. The van der Waals surface area contributed by atoms with Crippen LogP contribution >= 0.6 is 0 Å². The summed E-state index contributed by atoms with van der Waals surface area (Å²) >= 11 is 0. The molecule has 4 aromatic heterocycles. The molecule has 210 valence electrons. The number of pyridine rings is 2. The maximum Gasteiger partial charge on any atom is 0.274 e. The van der Waals surface area contributed by atoms with Crippen LogP contribution in [0.5, 0.6) is 0 Å². The molecular formula is C30H32N8O3. The molecular weight excluding hydrogens is 520 g/mol. The van der Waals surface area contributed by atoms with E-state index in [1.165, 1.54) is 10.3 Å². The molecule has 1 N–H and O–H groups in total. The van der Waals surface area contributed by atoms with Crippen molar-refractivity contribution >= 4 is 29.5 Å². The van der Waals surface area contributed by atoms with Crippen LogP contribution in [0.2, 0.25) is 0 Å². The third-order valence-corrected chi connectivity index (χ3v) is 8.50. The van der Waals surface area contributed by atoms with Crippen LogP contribution in [0.3, 0.4) is 0 Å². The maximum atomic E-state index is 13.7. The lowest BCUT2D eigenvalue weighted by Crippen LogP contribution is -2.39. The number of carbonyl (C=O) groups excluding carboxylic acids is 2. The van der Waals surface area contributed by atoms with Crippen LogP contribution in [0.1, 0.15) is 50.6 Å². The van der Waals surface area contributed by atoms with E-state index in [2.05, 4.69) is 31.9 Å². The quantitative estimate of drug-likeness (QED) is 0.379. The normalized spacial score (nSPS) is 16.7. The fourth-order valence-electron chi connectivity index (χ4n) is 6.42. The molecule has 7 rings (SSSR count). The first kappa shape index (κ1) is 25.5. The Morgan fingerprint density at radius 3 is 2.68 bits per heavy atom. The van der Waals surface area contributed by atoms with Crippen molar-refractivity contribution in [2.75, 3.05) is 30.4 Å². The second kappa shape index (κ2) is 9.84. The molecule has 4 aromatic rings. The summed E-state index contributed by atoms with van der Waals surface area (Å²) in [6.45, 7) is 3.90. The summed E-state index contributed by atoms with van der Waals surface area (Å²) in [4.78, 5) is 47.7. The number of fused-ring (bicyclic) bond motifs is 4. The Labute approximate surface area is 237 Å². The van der Waals surface area contributed by atoms with Crippen LogP contribution in [0.15, 0.2) is 41.5 Å². The summed E-state index contributed by atoms with van der Waals surface area (Å²) in [6.07, 6.45) is 8.02. The number of amides is 1. The highest BCUT2D eigenvalue weighted by molar-refractivity contribution is 6.10. The van der Waals surface area contributed by atoms with Crippen LogP contribution in [-0.2, 0) is 39.5 Å². The Morgan fingerprint density at radius 2 is 1.83 bits per heavy atom. The molecule has 3 aliphatic rings. The number of aromatic nitrogens is 5. The fraction of sp³-hybridized carbons (Fsp3) is 0.367. The molecule has 0 unspecified atom stereocenters. The van der Waals surface area contributed by atoms with Gasteiger partial charge in [-0.3, -0.25) is 28.9 Å².